The topological polar surface area (TPSA) is 84.4 Å². The molecular weight excluding hydrogens is 408 g/mol. The molecule has 8 heteroatoms. The van der Waals surface area contributed by atoms with Gasteiger partial charge in [0.05, 0.1) is 21.3 Å². The third kappa shape index (κ3) is 5.63. The molecule has 0 atom stereocenters. The number of nitrogens with zero attached hydrogens (tertiary/aromatic N) is 2. The summed E-state index contributed by atoms with van der Waals surface area (Å²) in [6, 6.07) is 11.9. The SMILES string of the molecule is CN=C(NCc1ccc(N2CCCCC2=O)cc1)NCc1cc(OC)c(OC)c(OC)c1. The highest BCUT2D eigenvalue weighted by molar-refractivity contribution is 5.94. The summed E-state index contributed by atoms with van der Waals surface area (Å²) in [4.78, 5) is 18.3. The summed E-state index contributed by atoms with van der Waals surface area (Å²) in [6.07, 6.45) is 2.68. The summed E-state index contributed by atoms with van der Waals surface area (Å²) in [5, 5.41) is 6.61. The van der Waals surface area contributed by atoms with E-state index in [-0.39, 0.29) is 5.91 Å². The molecule has 0 saturated carbocycles. The number of hydrogen-bond acceptors (Lipinski definition) is 5. The fourth-order valence-corrected chi connectivity index (χ4v) is 3.70. The first kappa shape index (κ1) is 23.2. The third-order valence-electron chi connectivity index (χ3n) is 5.44. The van der Waals surface area contributed by atoms with Gasteiger partial charge in [-0.1, -0.05) is 12.1 Å². The minimum Gasteiger partial charge on any atom is -0.493 e. The number of ether oxygens (including phenoxy) is 3. The zero-order chi connectivity index (χ0) is 22.9. The van der Waals surface area contributed by atoms with Crippen molar-refractivity contribution in [1.82, 2.24) is 10.6 Å². The van der Waals surface area contributed by atoms with Crippen molar-refractivity contribution in [2.45, 2.75) is 32.4 Å². The van der Waals surface area contributed by atoms with Gasteiger partial charge < -0.3 is 29.7 Å². The fraction of sp³-hybridized carbons (Fsp3) is 0.417. The number of carbonyl (C=O) groups excluding carboxylic acids is 1. The molecular formula is C24H32N4O4. The number of amides is 1. The van der Waals surface area contributed by atoms with Crippen LogP contribution in [-0.4, -0.2) is 46.8 Å². The summed E-state index contributed by atoms with van der Waals surface area (Å²) in [5.74, 6) is 2.67. The Morgan fingerprint density at radius 3 is 2.09 bits per heavy atom. The van der Waals surface area contributed by atoms with Crippen molar-refractivity contribution in [3.63, 3.8) is 0 Å². The summed E-state index contributed by atoms with van der Waals surface area (Å²) in [7, 11) is 6.51. The van der Waals surface area contributed by atoms with Crippen LogP contribution >= 0.6 is 0 Å². The number of methoxy groups -OCH3 is 3. The van der Waals surface area contributed by atoms with Gasteiger partial charge in [-0.15, -0.1) is 0 Å². The van der Waals surface area contributed by atoms with Gasteiger partial charge >= 0.3 is 0 Å². The van der Waals surface area contributed by atoms with E-state index >= 15 is 0 Å². The van der Waals surface area contributed by atoms with Crippen molar-refractivity contribution in [2.75, 3.05) is 39.8 Å². The second-order valence-electron chi connectivity index (χ2n) is 7.48. The quantitative estimate of drug-likeness (QED) is 0.485. The van der Waals surface area contributed by atoms with E-state index in [1.165, 1.54) is 0 Å². The van der Waals surface area contributed by atoms with Gasteiger partial charge in [0.2, 0.25) is 11.7 Å². The molecule has 0 radical (unpaired) electrons. The summed E-state index contributed by atoms with van der Waals surface area (Å²) in [5.41, 5.74) is 3.04. The highest BCUT2D eigenvalue weighted by Gasteiger charge is 2.19. The second kappa shape index (κ2) is 11.3. The molecule has 1 aliphatic heterocycles. The van der Waals surface area contributed by atoms with E-state index in [2.05, 4.69) is 15.6 Å². The molecule has 1 heterocycles. The summed E-state index contributed by atoms with van der Waals surface area (Å²) in [6.45, 7) is 1.95. The van der Waals surface area contributed by atoms with Crippen LogP contribution in [0.1, 0.15) is 30.4 Å². The van der Waals surface area contributed by atoms with E-state index in [1.54, 1.807) is 28.4 Å². The van der Waals surface area contributed by atoms with Gasteiger partial charge in [-0.3, -0.25) is 9.79 Å². The normalized spacial score (nSPS) is 14.2. The van der Waals surface area contributed by atoms with E-state index in [4.69, 9.17) is 14.2 Å². The van der Waals surface area contributed by atoms with Crippen molar-refractivity contribution >= 4 is 17.6 Å². The van der Waals surface area contributed by atoms with E-state index in [1.807, 2.05) is 41.3 Å². The van der Waals surface area contributed by atoms with Crippen LogP contribution in [0.25, 0.3) is 0 Å². The first-order valence-electron chi connectivity index (χ1n) is 10.7. The molecule has 0 bridgehead atoms. The lowest BCUT2D eigenvalue weighted by Gasteiger charge is -2.26. The van der Waals surface area contributed by atoms with Crippen LogP contribution in [0.5, 0.6) is 17.2 Å². The smallest absolute Gasteiger partial charge is 0.226 e. The fourth-order valence-electron chi connectivity index (χ4n) is 3.70. The Kier molecular flexibility index (Phi) is 8.19. The molecule has 2 N–H and O–H groups in total. The number of rotatable bonds is 8. The van der Waals surface area contributed by atoms with Crippen molar-refractivity contribution in [1.29, 1.82) is 0 Å². The minimum absolute atomic E-state index is 0.207. The standard InChI is InChI=1S/C24H32N4O4/c1-25-24(27-16-18-13-20(30-2)23(32-4)21(14-18)31-3)26-15-17-8-10-19(11-9-17)28-12-6-5-7-22(28)29/h8-11,13-14H,5-7,12,15-16H2,1-4H3,(H2,25,26,27). The van der Waals surface area contributed by atoms with Gasteiger partial charge in [0.15, 0.2) is 17.5 Å². The van der Waals surface area contributed by atoms with E-state index in [0.29, 0.717) is 42.7 Å². The third-order valence-corrected chi connectivity index (χ3v) is 5.44. The molecule has 1 amide bonds. The Balaban J connectivity index is 1.57. The van der Waals surface area contributed by atoms with Crippen LogP contribution in [0, 0.1) is 0 Å². The van der Waals surface area contributed by atoms with Crippen LogP contribution < -0.4 is 29.7 Å². The molecule has 0 aromatic heterocycles. The molecule has 1 saturated heterocycles. The Morgan fingerprint density at radius 2 is 1.56 bits per heavy atom. The van der Waals surface area contributed by atoms with Gasteiger partial charge in [-0.25, -0.2) is 0 Å². The summed E-state index contributed by atoms with van der Waals surface area (Å²) >= 11 is 0. The van der Waals surface area contributed by atoms with Crippen LogP contribution in [0.2, 0.25) is 0 Å². The van der Waals surface area contributed by atoms with Crippen molar-refractivity contribution in [3.8, 4) is 17.2 Å². The lowest BCUT2D eigenvalue weighted by Crippen LogP contribution is -2.36. The first-order valence-corrected chi connectivity index (χ1v) is 10.7. The number of guanidine groups is 1. The Bertz CT molecular complexity index is 919. The molecule has 172 valence electrons. The predicted octanol–water partition coefficient (Wildman–Crippen LogP) is 3.09. The van der Waals surface area contributed by atoms with Gasteiger partial charge in [0.25, 0.3) is 0 Å². The number of piperidine rings is 1. The van der Waals surface area contributed by atoms with Gasteiger partial charge in [0, 0.05) is 38.8 Å². The largest absolute Gasteiger partial charge is 0.493 e. The van der Waals surface area contributed by atoms with E-state index < -0.39 is 0 Å². The Labute approximate surface area is 189 Å². The number of anilines is 1. The lowest BCUT2D eigenvalue weighted by molar-refractivity contribution is -0.119. The number of hydrogen-bond donors (Lipinski definition) is 2. The monoisotopic (exact) mass is 440 g/mol. The van der Waals surface area contributed by atoms with Crippen molar-refractivity contribution < 1.29 is 19.0 Å². The Morgan fingerprint density at radius 1 is 0.938 bits per heavy atom. The predicted molar refractivity (Wildman–Crippen MR) is 126 cm³/mol. The van der Waals surface area contributed by atoms with E-state index in [9.17, 15) is 4.79 Å². The highest BCUT2D eigenvalue weighted by atomic mass is 16.5. The zero-order valence-corrected chi connectivity index (χ0v) is 19.2. The molecule has 2 aromatic carbocycles. The first-order chi connectivity index (χ1) is 15.6. The van der Waals surface area contributed by atoms with Crippen LogP contribution in [0.3, 0.4) is 0 Å². The second-order valence-corrected chi connectivity index (χ2v) is 7.48. The molecule has 32 heavy (non-hydrogen) atoms. The number of aliphatic imine (C=N–C) groups is 1. The maximum atomic E-state index is 12.1. The lowest BCUT2D eigenvalue weighted by atomic mass is 10.1. The maximum Gasteiger partial charge on any atom is 0.226 e. The molecule has 8 nitrogen and oxygen atoms in total. The molecule has 2 aromatic rings. The van der Waals surface area contributed by atoms with Gasteiger partial charge in [-0.05, 0) is 48.2 Å². The number of nitrogens with one attached hydrogen (secondary N) is 2. The van der Waals surface area contributed by atoms with Gasteiger partial charge in [0.1, 0.15) is 0 Å². The van der Waals surface area contributed by atoms with Crippen molar-refractivity contribution in [3.05, 3.63) is 47.5 Å². The zero-order valence-electron chi connectivity index (χ0n) is 19.2. The van der Waals surface area contributed by atoms with Gasteiger partial charge in [-0.2, -0.15) is 0 Å². The van der Waals surface area contributed by atoms with Crippen LogP contribution in [-0.2, 0) is 17.9 Å². The minimum atomic E-state index is 0.207. The average molecular weight is 441 g/mol. The molecule has 3 rings (SSSR count). The molecule has 0 unspecified atom stereocenters. The Hall–Kier alpha value is -3.42. The average Bonchev–Trinajstić information content (AvgIpc) is 2.84. The molecule has 0 aliphatic carbocycles. The highest BCUT2D eigenvalue weighted by Crippen LogP contribution is 2.38. The molecule has 1 fully saturated rings. The van der Waals surface area contributed by atoms with E-state index in [0.717, 1.165) is 36.2 Å². The maximum absolute atomic E-state index is 12.1. The van der Waals surface area contributed by atoms with Crippen LogP contribution in [0.15, 0.2) is 41.4 Å². The molecule has 1 aliphatic rings. The summed E-state index contributed by atoms with van der Waals surface area (Å²) < 4.78 is 16.2. The number of benzene rings is 2. The number of carbonyl (C=O) groups is 1. The van der Waals surface area contributed by atoms with Crippen LogP contribution in [0.4, 0.5) is 5.69 Å². The molecule has 0 spiro atoms. The van der Waals surface area contributed by atoms with Crippen molar-refractivity contribution in [2.24, 2.45) is 4.99 Å².